The number of halogens is 2. The Hall–Kier alpha value is -1.00. The van der Waals surface area contributed by atoms with E-state index in [1.165, 1.54) is 0 Å². The molecule has 2 atom stereocenters. The van der Waals surface area contributed by atoms with Gasteiger partial charge in [-0.05, 0) is 45.4 Å². The molecule has 0 bridgehead atoms. The van der Waals surface area contributed by atoms with Crippen molar-refractivity contribution in [1.29, 1.82) is 0 Å². The van der Waals surface area contributed by atoms with Gasteiger partial charge in [0, 0.05) is 17.1 Å². The van der Waals surface area contributed by atoms with Gasteiger partial charge in [-0.25, -0.2) is 8.78 Å². The molecule has 2 nitrogen and oxygen atoms in total. The van der Waals surface area contributed by atoms with Crippen LogP contribution in [0.5, 0.6) is 0 Å². The predicted molar refractivity (Wildman–Crippen MR) is 68.3 cm³/mol. The van der Waals surface area contributed by atoms with E-state index in [0.29, 0.717) is 6.42 Å². The number of rotatable bonds is 4. The second-order valence-electron chi connectivity index (χ2n) is 5.52. The average molecular weight is 257 g/mol. The lowest BCUT2D eigenvalue weighted by atomic mass is 9.96. The van der Waals surface area contributed by atoms with Gasteiger partial charge in [-0.3, -0.25) is 0 Å². The summed E-state index contributed by atoms with van der Waals surface area (Å²) in [6.07, 6.45) is -0.445. The Morgan fingerprint density at radius 3 is 2.39 bits per heavy atom. The van der Waals surface area contributed by atoms with Gasteiger partial charge in [-0.2, -0.15) is 0 Å². The highest BCUT2D eigenvalue weighted by atomic mass is 19.1. The highest BCUT2D eigenvalue weighted by Crippen LogP contribution is 2.24. The van der Waals surface area contributed by atoms with E-state index >= 15 is 0 Å². The minimum Gasteiger partial charge on any atom is -0.387 e. The first-order valence-electron chi connectivity index (χ1n) is 6.15. The van der Waals surface area contributed by atoms with Gasteiger partial charge in [-0.15, -0.1) is 0 Å². The van der Waals surface area contributed by atoms with Gasteiger partial charge < -0.3 is 10.4 Å². The lowest BCUT2D eigenvalue weighted by Crippen LogP contribution is -2.46. The minimum atomic E-state index is -1.06. The molecule has 0 saturated carbocycles. The van der Waals surface area contributed by atoms with Gasteiger partial charge in [0.2, 0.25) is 0 Å². The molecule has 0 aromatic heterocycles. The van der Waals surface area contributed by atoms with Crippen LogP contribution >= 0.6 is 0 Å². The van der Waals surface area contributed by atoms with Crippen LogP contribution in [0.25, 0.3) is 0 Å². The predicted octanol–water partition coefficient (Wildman–Crippen LogP) is 3.16. The number of nitrogens with one attached hydrogen (secondary N) is 1. The molecule has 0 heterocycles. The van der Waals surface area contributed by atoms with E-state index in [2.05, 4.69) is 5.32 Å². The van der Waals surface area contributed by atoms with Gasteiger partial charge in [0.15, 0.2) is 0 Å². The van der Waals surface area contributed by atoms with Crippen LogP contribution in [0.15, 0.2) is 18.2 Å². The third-order valence-electron chi connectivity index (χ3n) is 2.72. The monoisotopic (exact) mass is 257 g/mol. The molecular weight excluding hydrogens is 236 g/mol. The van der Waals surface area contributed by atoms with Gasteiger partial charge in [0.25, 0.3) is 0 Å². The maximum atomic E-state index is 13.6. The maximum Gasteiger partial charge on any atom is 0.129 e. The van der Waals surface area contributed by atoms with Gasteiger partial charge in [-0.1, -0.05) is 6.92 Å². The summed E-state index contributed by atoms with van der Waals surface area (Å²) in [6.45, 7) is 7.78. The third-order valence-corrected chi connectivity index (χ3v) is 2.72. The SMILES string of the molecule is CCC(NC(C)(C)C)C(O)c1cc(F)ccc1F. The maximum absolute atomic E-state index is 13.6. The van der Waals surface area contributed by atoms with E-state index in [9.17, 15) is 13.9 Å². The molecule has 2 N–H and O–H groups in total. The average Bonchev–Trinajstić information content (AvgIpc) is 2.27. The van der Waals surface area contributed by atoms with Gasteiger partial charge >= 0.3 is 0 Å². The van der Waals surface area contributed by atoms with Crippen molar-refractivity contribution in [2.75, 3.05) is 0 Å². The molecule has 0 aliphatic carbocycles. The van der Waals surface area contributed by atoms with Crippen LogP contribution < -0.4 is 5.32 Å². The summed E-state index contributed by atoms with van der Waals surface area (Å²) in [6, 6.07) is 2.82. The Kier molecular flexibility index (Phi) is 4.82. The van der Waals surface area contributed by atoms with Crippen molar-refractivity contribution in [3.05, 3.63) is 35.4 Å². The van der Waals surface area contributed by atoms with Crippen LogP contribution in [0.4, 0.5) is 8.78 Å². The highest BCUT2D eigenvalue weighted by molar-refractivity contribution is 5.22. The zero-order valence-corrected chi connectivity index (χ0v) is 11.3. The number of benzene rings is 1. The zero-order valence-electron chi connectivity index (χ0n) is 11.3. The van der Waals surface area contributed by atoms with Crippen LogP contribution in [0.1, 0.15) is 45.8 Å². The number of aliphatic hydroxyl groups is 1. The molecule has 1 aromatic carbocycles. The van der Waals surface area contributed by atoms with E-state index in [-0.39, 0.29) is 17.1 Å². The van der Waals surface area contributed by atoms with Crippen molar-refractivity contribution < 1.29 is 13.9 Å². The molecule has 2 unspecified atom stereocenters. The van der Waals surface area contributed by atoms with E-state index < -0.39 is 17.7 Å². The van der Waals surface area contributed by atoms with Crippen molar-refractivity contribution in [1.82, 2.24) is 5.32 Å². The lowest BCUT2D eigenvalue weighted by molar-refractivity contribution is 0.107. The van der Waals surface area contributed by atoms with Crippen LogP contribution in [-0.4, -0.2) is 16.7 Å². The number of hydrogen-bond donors (Lipinski definition) is 2. The Bertz CT molecular complexity index is 401. The molecule has 102 valence electrons. The fraction of sp³-hybridized carbons (Fsp3) is 0.571. The van der Waals surface area contributed by atoms with E-state index in [1.54, 1.807) is 0 Å². The van der Waals surface area contributed by atoms with Crippen molar-refractivity contribution >= 4 is 0 Å². The summed E-state index contributed by atoms with van der Waals surface area (Å²) in [5, 5.41) is 13.4. The summed E-state index contributed by atoms with van der Waals surface area (Å²) in [5.74, 6) is -1.13. The Balaban J connectivity index is 2.96. The molecule has 4 heteroatoms. The molecule has 1 aromatic rings. The van der Waals surface area contributed by atoms with Gasteiger partial charge in [0.1, 0.15) is 11.6 Å². The first kappa shape index (κ1) is 15.1. The van der Waals surface area contributed by atoms with E-state index in [4.69, 9.17) is 0 Å². The standard InChI is InChI=1S/C14H21F2NO/c1-5-12(17-14(2,3)4)13(18)10-8-9(15)6-7-11(10)16/h6-8,12-13,17-18H,5H2,1-4H3. The molecule has 0 amide bonds. The van der Waals surface area contributed by atoms with E-state index in [1.807, 2.05) is 27.7 Å². The molecular formula is C14H21F2NO. The largest absolute Gasteiger partial charge is 0.387 e. The van der Waals surface area contributed by atoms with Crippen LogP contribution in [0.3, 0.4) is 0 Å². The summed E-state index contributed by atoms with van der Waals surface area (Å²) in [4.78, 5) is 0. The van der Waals surface area contributed by atoms with Gasteiger partial charge in [0.05, 0.1) is 6.10 Å². The van der Waals surface area contributed by atoms with Crippen molar-refractivity contribution in [2.45, 2.75) is 51.8 Å². The Labute approximate surface area is 107 Å². The molecule has 18 heavy (non-hydrogen) atoms. The van der Waals surface area contributed by atoms with Crippen molar-refractivity contribution in [3.63, 3.8) is 0 Å². The normalized spacial score (nSPS) is 15.5. The molecule has 1 rings (SSSR count). The second kappa shape index (κ2) is 5.76. The smallest absolute Gasteiger partial charge is 0.129 e. The number of aliphatic hydroxyl groups excluding tert-OH is 1. The molecule has 0 spiro atoms. The topological polar surface area (TPSA) is 32.3 Å². The highest BCUT2D eigenvalue weighted by Gasteiger charge is 2.26. The van der Waals surface area contributed by atoms with Crippen LogP contribution in [0.2, 0.25) is 0 Å². The van der Waals surface area contributed by atoms with Crippen LogP contribution in [-0.2, 0) is 0 Å². The first-order valence-corrected chi connectivity index (χ1v) is 6.15. The second-order valence-corrected chi connectivity index (χ2v) is 5.52. The summed E-state index contributed by atoms with van der Waals surface area (Å²) < 4.78 is 26.7. The molecule has 0 fully saturated rings. The fourth-order valence-electron chi connectivity index (χ4n) is 1.92. The lowest BCUT2D eigenvalue weighted by Gasteiger charge is -2.31. The quantitative estimate of drug-likeness (QED) is 0.868. The van der Waals surface area contributed by atoms with Crippen LogP contribution in [0, 0.1) is 11.6 Å². The summed E-state index contributed by atoms with van der Waals surface area (Å²) >= 11 is 0. The van der Waals surface area contributed by atoms with Crippen molar-refractivity contribution in [3.8, 4) is 0 Å². The minimum absolute atomic E-state index is 0.00130. The fourth-order valence-corrected chi connectivity index (χ4v) is 1.92. The molecule has 0 radical (unpaired) electrons. The first-order chi connectivity index (χ1) is 8.24. The van der Waals surface area contributed by atoms with Crippen molar-refractivity contribution in [2.24, 2.45) is 0 Å². The Morgan fingerprint density at radius 1 is 1.28 bits per heavy atom. The number of hydrogen-bond acceptors (Lipinski definition) is 2. The molecule has 0 saturated heterocycles. The molecule has 0 aliphatic heterocycles. The summed E-state index contributed by atoms with van der Waals surface area (Å²) in [7, 11) is 0. The Morgan fingerprint density at radius 2 is 1.89 bits per heavy atom. The van der Waals surface area contributed by atoms with E-state index in [0.717, 1.165) is 18.2 Å². The zero-order chi connectivity index (χ0) is 13.9. The molecule has 0 aliphatic rings. The third kappa shape index (κ3) is 4.03. The summed E-state index contributed by atoms with van der Waals surface area (Å²) in [5.41, 5.74) is -0.204.